The second kappa shape index (κ2) is 12.5. The van der Waals surface area contributed by atoms with Crippen molar-refractivity contribution in [2.45, 2.75) is 13.8 Å². The fraction of sp³-hybridized carbons (Fsp3) is 0.0741. The molecule has 1 heterocycles. The van der Waals surface area contributed by atoms with Crippen LogP contribution < -0.4 is 0 Å². The van der Waals surface area contributed by atoms with Gasteiger partial charge in [0.25, 0.3) is 0 Å². The zero-order valence-electron chi connectivity index (χ0n) is 17.8. The van der Waals surface area contributed by atoms with Gasteiger partial charge in [-0.25, -0.2) is 0 Å². The van der Waals surface area contributed by atoms with E-state index in [-0.39, 0.29) is 31.6 Å². The van der Waals surface area contributed by atoms with Crippen molar-refractivity contribution >= 4 is 5.78 Å². The van der Waals surface area contributed by atoms with E-state index in [1.165, 1.54) is 19.9 Å². The zero-order valence-corrected chi connectivity index (χ0v) is 20.2. The molecule has 0 saturated carbocycles. The predicted molar refractivity (Wildman–Crippen MR) is 124 cm³/mol. The maximum absolute atomic E-state index is 10.0. The summed E-state index contributed by atoms with van der Waals surface area (Å²) in [5.74, 6) is -0.0625. The van der Waals surface area contributed by atoms with E-state index in [4.69, 9.17) is 15.1 Å². The van der Waals surface area contributed by atoms with Crippen LogP contribution >= 0.6 is 0 Å². The van der Waals surface area contributed by atoms with Gasteiger partial charge in [-0.15, -0.1) is 35.9 Å². The van der Waals surface area contributed by atoms with Crippen molar-refractivity contribution in [1.82, 2.24) is 9.97 Å². The summed E-state index contributed by atoms with van der Waals surface area (Å²) < 4.78 is 0. The normalized spacial score (nSPS) is 10.4. The van der Waals surface area contributed by atoms with Crippen molar-refractivity contribution in [3.05, 3.63) is 109 Å². The molecule has 0 bridgehead atoms. The topological polar surface area (TPSA) is 63.1 Å². The molecular formula is C27H23IrN2O2-. The maximum atomic E-state index is 10.0. The molecule has 4 rings (SSSR count). The van der Waals surface area contributed by atoms with Gasteiger partial charge in [-0.3, -0.25) is 9.78 Å². The Hall–Kier alpha value is -3.40. The molecule has 0 atom stereocenters. The van der Waals surface area contributed by atoms with Crippen LogP contribution in [0, 0.1) is 6.07 Å². The van der Waals surface area contributed by atoms with Gasteiger partial charge in [0.1, 0.15) is 0 Å². The van der Waals surface area contributed by atoms with E-state index in [1.807, 2.05) is 79.0 Å². The molecule has 1 N–H and O–H groups in total. The monoisotopic (exact) mass is 600 g/mol. The van der Waals surface area contributed by atoms with E-state index in [2.05, 4.69) is 18.2 Å². The van der Waals surface area contributed by atoms with Crippen LogP contribution in [-0.4, -0.2) is 20.9 Å². The quantitative estimate of drug-likeness (QED) is 0.170. The molecular weight excluding hydrogens is 577 g/mol. The first kappa shape index (κ1) is 24.9. The van der Waals surface area contributed by atoms with E-state index >= 15 is 0 Å². The summed E-state index contributed by atoms with van der Waals surface area (Å²) in [5, 5.41) is 8.36. The molecule has 32 heavy (non-hydrogen) atoms. The first-order valence-corrected chi connectivity index (χ1v) is 9.87. The Morgan fingerprint density at radius 1 is 0.844 bits per heavy atom. The predicted octanol–water partition coefficient (Wildman–Crippen LogP) is 6.31. The summed E-state index contributed by atoms with van der Waals surface area (Å²) in [5.41, 5.74) is 5.65. The average Bonchev–Trinajstić information content (AvgIpc) is 2.80. The molecule has 4 aromatic rings. The zero-order chi connectivity index (χ0) is 22.1. The van der Waals surface area contributed by atoms with Crippen LogP contribution in [0.3, 0.4) is 0 Å². The van der Waals surface area contributed by atoms with Crippen LogP contribution in [0.4, 0.5) is 0 Å². The molecule has 1 radical (unpaired) electrons. The van der Waals surface area contributed by atoms with Crippen molar-refractivity contribution in [3.63, 3.8) is 0 Å². The Kier molecular flexibility index (Phi) is 9.68. The van der Waals surface area contributed by atoms with Crippen LogP contribution in [0.1, 0.15) is 13.8 Å². The fourth-order valence-electron chi connectivity index (χ4n) is 2.97. The van der Waals surface area contributed by atoms with Crippen molar-refractivity contribution in [2.24, 2.45) is 0 Å². The summed E-state index contributed by atoms with van der Waals surface area (Å²) in [4.78, 5) is 19.6. The number of allylic oxidation sites excluding steroid dienone is 2. The molecule has 1 aromatic heterocycles. The van der Waals surface area contributed by atoms with Gasteiger partial charge in [0.15, 0.2) is 5.78 Å². The number of nitrogens with zero attached hydrogens (tertiary/aromatic N) is 2. The largest absolute Gasteiger partial charge is 0.512 e. The molecule has 0 spiro atoms. The van der Waals surface area contributed by atoms with Crippen LogP contribution in [0.25, 0.3) is 33.8 Å². The molecule has 0 aliphatic heterocycles. The number of benzene rings is 3. The second-order valence-electron chi connectivity index (χ2n) is 6.86. The van der Waals surface area contributed by atoms with Crippen molar-refractivity contribution in [3.8, 4) is 33.8 Å². The van der Waals surface area contributed by atoms with E-state index in [9.17, 15) is 4.79 Å². The Morgan fingerprint density at radius 3 is 1.94 bits per heavy atom. The summed E-state index contributed by atoms with van der Waals surface area (Å²) >= 11 is 0. The van der Waals surface area contributed by atoms with Gasteiger partial charge < -0.3 is 10.1 Å². The molecule has 0 aliphatic rings. The van der Waals surface area contributed by atoms with E-state index < -0.39 is 0 Å². The number of ketones is 1. The Morgan fingerprint density at radius 2 is 1.44 bits per heavy atom. The van der Waals surface area contributed by atoms with Gasteiger partial charge >= 0.3 is 0 Å². The summed E-state index contributed by atoms with van der Waals surface area (Å²) in [7, 11) is 0. The van der Waals surface area contributed by atoms with Gasteiger partial charge in [0.05, 0.1) is 17.1 Å². The van der Waals surface area contributed by atoms with Crippen LogP contribution in [0.2, 0.25) is 0 Å². The molecule has 0 aliphatic carbocycles. The minimum atomic E-state index is -0.125. The van der Waals surface area contributed by atoms with Gasteiger partial charge in [-0.1, -0.05) is 60.7 Å². The third kappa shape index (κ3) is 7.09. The van der Waals surface area contributed by atoms with Crippen molar-refractivity contribution in [2.75, 3.05) is 0 Å². The molecule has 3 aromatic carbocycles. The maximum Gasteiger partial charge on any atom is 0.155 e. The number of hydrogen-bond donors (Lipinski definition) is 1. The number of aliphatic hydroxyl groups excluding tert-OH is 1. The third-order valence-electron chi connectivity index (χ3n) is 4.27. The molecule has 0 saturated heterocycles. The van der Waals surface area contributed by atoms with Gasteiger partial charge in [0, 0.05) is 43.6 Å². The minimum absolute atomic E-state index is 0. The summed E-state index contributed by atoms with van der Waals surface area (Å²) in [6.07, 6.45) is 3.00. The van der Waals surface area contributed by atoms with E-state index in [0.717, 1.165) is 33.8 Å². The second-order valence-corrected chi connectivity index (χ2v) is 6.86. The Bertz CT molecular complexity index is 1160. The summed E-state index contributed by atoms with van der Waals surface area (Å²) in [6.45, 7) is 2.85. The Labute approximate surface area is 202 Å². The number of carbonyl (C=O) groups is 1. The molecule has 5 heteroatoms. The fourth-order valence-corrected chi connectivity index (χ4v) is 2.97. The molecule has 0 unspecified atom stereocenters. The third-order valence-corrected chi connectivity index (χ3v) is 4.27. The molecule has 0 fully saturated rings. The minimum Gasteiger partial charge on any atom is -0.512 e. The van der Waals surface area contributed by atoms with Crippen LogP contribution in [-0.2, 0) is 24.9 Å². The van der Waals surface area contributed by atoms with E-state index in [0.29, 0.717) is 0 Å². The number of aliphatic hydroxyl groups is 1. The smallest absolute Gasteiger partial charge is 0.155 e. The molecule has 0 amide bonds. The standard InChI is InChI=1S/C22H15N2.C5H8O2.Ir/c1-4-10-17(11-5-1)20-16-23-21(18-12-6-2-7-13-18)22(24-20)19-14-8-3-9-15-19;1-4(6)3-5(2)7;/h1-12,14-16H;3,6H,1-2H3;/q-1;;. The van der Waals surface area contributed by atoms with Crippen LogP contribution in [0.5, 0.6) is 0 Å². The Balaban J connectivity index is 0.000000398. The molecule has 4 nitrogen and oxygen atoms in total. The number of aromatic nitrogens is 2. The van der Waals surface area contributed by atoms with Crippen molar-refractivity contribution in [1.29, 1.82) is 0 Å². The number of rotatable bonds is 4. The average molecular weight is 600 g/mol. The van der Waals surface area contributed by atoms with Gasteiger partial charge in [-0.05, 0) is 19.4 Å². The number of hydrogen-bond acceptors (Lipinski definition) is 4. The SMILES string of the molecule is CC(=O)C=C(C)O.[Ir].[c-]1ccccc1-c1ncc(-c2ccccc2)nc1-c1ccccc1. The van der Waals surface area contributed by atoms with Crippen LogP contribution in [0.15, 0.2) is 103 Å². The summed E-state index contributed by atoms with van der Waals surface area (Å²) in [6, 6.07) is 31.4. The first-order valence-electron chi connectivity index (χ1n) is 9.87. The first-order chi connectivity index (χ1) is 15.0. The van der Waals surface area contributed by atoms with Gasteiger partial charge in [0.2, 0.25) is 0 Å². The van der Waals surface area contributed by atoms with Crippen molar-refractivity contribution < 1.29 is 30.0 Å². The van der Waals surface area contributed by atoms with Gasteiger partial charge in [-0.2, -0.15) is 0 Å². The number of carbonyl (C=O) groups excluding carboxylic acids is 1. The molecule has 163 valence electrons. The van der Waals surface area contributed by atoms with E-state index in [1.54, 1.807) is 0 Å².